The van der Waals surface area contributed by atoms with Crippen LogP contribution in [0.4, 0.5) is 37.7 Å². The van der Waals surface area contributed by atoms with E-state index in [-0.39, 0.29) is 6.07 Å². The van der Waals surface area contributed by atoms with Gasteiger partial charge in [0.05, 0.1) is 28.5 Å². The molecule has 0 spiro atoms. The minimum Gasteiger partial charge on any atom is -0.323 e. The maximum atomic E-state index is 13.3. The van der Waals surface area contributed by atoms with Gasteiger partial charge in [-0.3, -0.25) is 4.79 Å². The lowest BCUT2D eigenvalue weighted by Crippen LogP contribution is -2.40. The third-order valence-electron chi connectivity index (χ3n) is 4.36. The van der Waals surface area contributed by atoms with E-state index in [1.807, 2.05) is 5.32 Å². The Morgan fingerprint density at radius 2 is 1.90 bits per heavy atom. The summed E-state index contributed by atoms with van der Waals surface area (Å²) in [7, 11) is -4.21. The van der Waals surface area contributed by atoms with E-state index in [9.17, 15) is 39.6 Å². The van der Waals surface area contributed by atoms with Crippen LogP contribution in [-0.4, -0.2) is 37.8 Å². The number of halogens is 6. The first-order valence-electron chi connectivity index (χ1n) is 8.21. The van der Waals surface area contributed by atoms with Crippen LogP contribution in [0.2, 0.25) is 0 Å². The molecular formula is C16H14F6N4O3S. The summed E-state index contributed by atoms with van der Waals surface area (Å²) in [6, 6.07) is -1.53. The average molecular weight is 456 g/mol. The van der Waals surface area contributed by atoms with Crippen LogP contribution in [-0.2, 0) is 20.8 Å². The highest BCUT2D eigenvalue weighted by molar-refractivity contribution is 7.91. The third kappa shape index (κ3) is 4.55. The SMILES string of the molecule is [C-]#[N+]c1cc(S(=O)(=O)CC)c(NC(=O)C2(C)CC(C(F)(F)F)N=N2)cc1C(F)(F)F. The molecule has 0 bridgehead atoms. The summed E-state index contributed by atoms with van der Waals surface area (Å²) in [5.41, 5.74) is -5.40. The molecule has 1 heterocycles. The van der Waals surface area contributed by atoms with Crippen LogP contribution in [0.1, 0.15) is 25.8 Å². The molecule has 2 unspecified atom stereocenters. The zero-order valence-corrected chi connectivity index (χ0v) is 16.2. The van der Waals surface area contributed by atoms with Crippen molar-refractivity contribution in [3.63, 3.8) is 0 Å². The zero-order valence-electron chi connectivity index (χ0n) is 15.4. The van der Waals surface area contributed by atoms with Gasteiger partial charge in [-0.05, 0) is 19.1 Å². The fraction of sp³-hybridized carbons (Fsp3) is 0.500. The lowest BCUT2D eigenvalue weighted by Gasteiger charge is -2.22. The molecule has 0 aromatic heterocycles. The number of nitrogens with zero attached hydrogens (tertiary/aromatic N) is 3. The van der Waals surface area contributed by atoms with Crippen LogP contribution in [0.25, 0.3) is 4.85 Å². The van der Waals surface area contributed by atoms with Crippen molar-refractivity contribution in [1.82, 2.24) is 0 Å². The van der Waals surface area contributed by atoms with Gasteiger partial charge in [0, 0.05) is 6.42 Å². The van der Waals surface area contributed by atoms with Gasteiger partial charge >= 0.3 is 12.4 Å². The molecule has 0 saturated carbocycles. The lowest BCUT2D eigenvalue weighted by atomic mass is 9.94. The van der Waals surface area contributed by atoms with E-state index in [0.29, 0.717) is 6.07 Å². The van der Waals surface area contributed by atoms with Crippen molar-refractivity contribution >= 4 is 27.1 Å². The Balaban J connectivity index is 2.54. The van der Waals surface area contributed by atoms with E-state index in [2.05, 4.69) is 15.1 Å². The molecule has 7 nitrogen and oxygen atoms in total. The second kappa shape index (κ2) is 7.53. The number of carbonyl (C=O) groups is 1. The van der Waals surface area contributed by atoms with Gasteiger partial charge in [0.25, 0.3) is 5.91 Å². The standard InChI is InChI=1S/C16H14F6N4O3S/c1-4-30(28,29)11-6-9(23-3)8(15(17,18)19)5-10(11)24-13(27)14(2)7-12(25-26-14)16(20,21)22/h5-6,12H,4,7H2,1-2H3,(H,24,27). The number of hydrogen-bond donors (Lipinski definition) is 1. The van der Waals surface area contributed by atoms with Crippen molar-refractivity contribution in [2.45, 2.75) is 49.1 Å². The van der Waals surface area contributed by atoms with E-state index in [0.717, 1.165) is 6.92 Å². The molecule has 2 atom stereocenters. The van der Waals surface area contributed by atoms with Crippen LogP contribution in [0.5, 0.6) is 0 Å². The topological polar surface area (TPSA) is 92.3 Å². The minimum absolute atomic E-state index is 0.268. The number of anilines is 1. The number of benzene rings is 1. The fourth-order valence-electron chi connectivity index (χ4n) is 2.63. The quantitative estimate of drug-likeness (QED) is 0.533. The van der Waals surface area contributed by atoms with E-state index in [1.54, 1.807) is 0 Å². The first kappa shape index (κ1) is 23.6. The van der Waals surface area contributed by atoms with Crippen LogP contribution in [0, 0.1) is 6.57 Å². The number of carbonyl (C=O) groups excluding carboxylic acids is 1. The van der Waals surface area contributed by atoms with E-state index in [4.69, 9.17) is 6.57 Å². The van der Waals surface area contributed by atoms with Gasteiger partial charge in [0.15, 0.2) is 21.4 Å². The number of amides is 1. The van der Waals surface area contributed by atoms with Gasteiger partial charge in [-0.2, -0.15) is 36.6 Å². The minimum atomic E-state index is -5.05. The highest BCUT2D eigenvalue weighted by atomic mass is 32.2. The first-order valence-corrected chi connectivity index (χ1v) is 9.86. The number of nitrogens with one attached hydrogen (secondary N) is 1. The Labute approximate surface area is 166 Å². The fourth-order valence-corrected chi connectivity index (χ4v) is 3.68. The van der Waals surface area contributed by atoms with Crippen molar-refractivity contribution in [3.05, 3.63) is 29.1 Å². The summed E-state index contributed by atoms with van der Waals surface area (Å²) in [6.45, 7) is 9.07. The molecule has 1 N–H and O–H groups in total. The number of azo groups is 1. The van der Waals surface area contributed by atoms with Crippen LogP contribution >= 0.6 is 0 Å². The Morgan fingerprint density at radius 3 is 2.33 bits per heavy atom. The van der Waals surface area contributed by atoms with Gasteiger partial charge in [-0.15, -0.1) is 0 Å². The number of hydrogen-bond acceptors (Lipinski definition) is 5. The molecule has 2 rings (SSSR count). The molecule has 0 fully saturated rings. The first-order chi connectivity index (χ1) is 13.5. The molecule has 164 valence electrons. The maximum absolute atomic E-state index is 13.3. The molecule has 1 amide bonds. The summed E-state index contributed by atoms with van der Waals surface area (Å²) in [6.07, 6.45) is -10.7. The van der Waals surface area contributed by atoms with Crippen LogP contribution in [0.15, 0.2) is 27.3 Å². The highest BCUT2D eigenvalue weighted by Gasteiger charge is 2.51. The molecule has 1 aromatic rings. The maximum Gasteiger partial charge on any atom is 0.412 e. The molecule has 0 aliphatic carbocycles. The molecule has 1 aliphatic rings. The normalized spacial score (nSPS) is 22.0. The molecule has 1 aromatic carbocycles. The monoisotopic (exact) mass is 456 g/mol. The van der Waals surface area contributed by atoms with Crippen molar-refractivity contribution < 1.29 is 39.6 Å². The summed E-state index contributed by atoms with van der Waals surface area (Å²) in [5.74, 6) is -1.83. The zero-order chi connectivity index (χ0) is 23.1. The summed E-state index contributed by atoms with van der Waals surface area (Å²) in [4.78, 5) is 14.5. The van der Waals surface area contributed by atoms with Crippen LogP contribution in [0.3, 0.4) is 0 Å². The number of sulfone groups is 1. The summed E-state index contributed by atoms with van der Waals surface area (Å²) >= 11 is 0. The van der Waals surface area contributed by atoms with Gasteiger partial charge in [0.2, 0.25) is 5.69 Å². The smallest absolute Gasteiger partial charge is 0.323 e. The second-order valence-electron chi connectivity index (χ2n) is 6.58. The summed E-state index contributed by atoms with van der Waals surface area (Å²) in [5, 5.41) is 8.22. The largest absolute Gasteiger partial charge is 0.412 e. The molecule has 30 heavy (non-hydrogen) atoms. The Morgan fingerprint density at radius 1 is 1.30 bits per heavy atom. The lowest BCUT2D eigenvalue weighted by molar-refractivity contribution is -0.148. The van der Waals surface area contributed by atoms with Crippen molar-refractivity contribution in [2.75, 3.05) is 11.1 Å². The molecule has 1 aliphatic heterocycles. The highest BCUT2D eigenvalue weighted by Crippen LogP contribution is 2.42. The molecule has 14 heteroatoms. The van der Waals surface area contributed by atoms with Crippen LogP contribution < -0.4 is 5.32 Å². The molecule has 0 radical (unpaired) electrons. The van der Waals surface area contributed by atoms with Crippen molar-refractivity contribution in [1.29, 1.82) is 0 Å². The van der Waals surface area contributed by atoms with Gasteiger partial charge in [0.1, 0.15) is 0 Å². The summed E-state index contributed by atoms with van der Waals surface area (Å²) < 4.78 is 103. The van der Waals surface area contributed by atoms with E-state index >= 15 is 0 Å². The van der Waals surface area contributed by atoms with Crippen molar-refractivity contribution in [2.24, 2.45) is 10.2 Å². The third-order valence-corrected chi connectivity index (χ3v) is 6.13. The van der Waals surface area contributed by atoms with E-state index in [1.165, 1.54) is 6.92 Å². The van der Waals surface area contributed by atoms with Gasteiger partial charge in [-0.1, -0.05) is 6.92 Å². The average Bonchev–Trinajstić information content (AvgIpc) is 3.04. The Bertz CT molecular complexity index is 1040. The molecular weight excluding hydrogens is 442 g/mol. The molecule has 0 saturated heterocycles. The predicted octanol–water partition coefficient (Wildman–Crippen LogP) is 4.53. The van der Waals surface area contributed by atoms with Gasteiger partial charge in [-0.25, -0.2) is 13.3 Å². The Hall–Kier alpha value is -2.69. The predicted molar refractivity (Wildman–Crippen MR) is 91.8 cm³/mol. The number of alkyl halides is 6. The van der Waals surface area contributed by atoms with E-state index < -0.39 is 73.7 Å². The second-order valence-corrected chi connectivity index (χ2v) is 8.83. The van der Waals surface area contributed by atoms with Gasteiger partial charge < -0.3 is 5.32 Å². The Kier molecular flexibility index (Phi) is 5.92. The van der Waals surface area contributed by atoms with Crippen molar-refractivity contribution in [3.8, 4) is 0 Å². The number of rotatable bonds is 4.